The van der Waals surface area contributed by atoms with E-state index in [0.29, 0.717) is 6.54 Å². The second kappa shape index (κ2) is 5.55. The van der Waals surface area contributed by atoms with E-state index in [1.165, 1.54) is 6.08 Å². The third-order valence-electron chi connectivity index (χ3n) is 1.99. The molecule has 0 aliphatic heterocycles. The van der Waals surface area contributed by atoms with Crippen molar-refractivity contribution in [3.8, 4) is 0 Å². The second-order valence-electron chi connectivity index (χ2n) is 3.25. The molecule has 6 nitrogen and oxygen atoms in total. The molecular formula is C11H11N5O. The van der Waals surface area contributed by atoms with E-state index in [1.807, 2.05) is 0 Å². The molecule has 0 fully saturated rings. The Bertz CT molecular complexity index is 492. The van der Waals surface area contributed by atoms with Gasteiger partial charge >= 0.3 is 0 Å². The first-order valence-electron chi connectivity index (χ1n) is 5.04. The number of carbonyl (C=O) groups excluding carboxylic acids is 1. The molecular weight excluding hydrogens is 218 g/mol. The van der Waals surface area contributed by atoms with Crippen LogP contribution in [-0.2, 0) is 11.3 Å². The van der Waals surface area contributed by atoms with Crippen molar-refractivity contribution in [3.63, 3.8) is 0 Å². The molecule has 1 amide bonds. The van der Waals surface area contributed by atoms with Gasteiger partial charge in [-0.15, -0.1) is 0 Å². The summed E-state index contributed by atoms with van der Waals surface area (Å²) in [7, 11) is 0. The number of amides is 1. The van der Waals surface area contributed by atoms with Crippen LogP contribution >= 0.6 is 0 Å². The molecule has 0 spiro atoms. The van der Waals surface area contributed by atoms with Crippen molar-refractivity contribution in [3.05, 3.63) is 48.6 Å². The lowest BCUT2D eigenvalue weighted by Gasteiger charge is -1.99. The maximum absolute atomic E-state index is 11.4. The van der Waals surface area contributed by atoms with Crippen LogP contribution in [0.4, 0.5) is 0 Å². The first-order chi connectivity index (χ1) is 8.34. The molecule has 2 aromatic heterocycles. The maximum Gasteiger partial charge on any atom is 0.244 e. The Morgan fingerprint density at radius 3 is 3.00 bits per heavy atom. The van der Waals surface area contributed by atoms with E-state index in [1.54, 1.807) is 37.2 Å². The number of hydrogen-bond donors (Lipinski definition) is 2. The van der Waals surface area contributed by atoms with Crippen LogP contribution in [0.1, 0.15) is 11.4 Å². The lowest BCUT2D eigenvalue weighted by atomic mass is 10.4. The van der Waals surface area contributed by atoms with Crippen LogP contribution < -0.4 is 5.32 Å². The minimum atomic E-state index is -0.190. The summed E-state index contributed by atoms with van der Waals surface area (Å²) in [6, 6.07) is 0. The number of nitrogens with zero attached hydrogens (tertiary/aromatic N) is 3. The van der Waals surface area contributed by atoms with Gasteiger partial charge in [0.1, 0.15) is 0 Å². The average Bonchev–Trinajstić information content (AvgIpc) is 2.88. The summed E-state index contributed by atoms with van der Waals surface area (Å²) < 4.78 is 0. The summed E-state index contributed by atoms with van der Waals surface area (Å²) in [5.74, 6) is -0.190. The maximum atomic E-state index is 11.4. The number of hydrogen-bond acceptors (Lipinski definition) is 4. The topological polar surface area (TPSA) is 83.6 Å². The van der Waals surface area contributed by atoms with Crippen molar-refractivity contribution >= 4 is 12.0 Å². The van der Waals surface area contributed by atoms with Gasteiger partial charge in [-0.2, -0.15) is 0 Å². The van der Waals surface area contributed by atoms with Gasteiger partial charge in [0.15, 0.2) is 0 Å². The van der Waals surface area contributed by atoms with Gasteiger partial charge in [0, 0.05) is 18.5 Å². The molecule has 2 N–H and O–H groups in total. The standard InChI is InChI=1S/C11H11N5O/c17-11(2-1-9-5-13-8-16-9)15-7-10-6-12-3-4-14-10/h1-6,8H,7H2,(H,13,16)(H,15,17)/b2-1+. The molecule has 0 aliphatic rings. The summed E-state index contributed by atoms with van der Waals surface area (Å²) >= 11 is 0. The number of aromatic nitrogens is 4. The number of rotatable bonds is 4. The van der Waals surface area contributed by atoms with Gasteiger partial charge in [-0.1, -0.05) is 0 Å². The van der Waals surface area contributed by atoms with E-state index in [-0.39, 0.29) is 5.91 Å². The SMILES string of the molecule is O=C(/C=C/c1cnc[nH]1)NCc1cnccn1. The fourth-order valence-corrected chi connectivity index (χ4v) is 1.18. The van der Waals surface area contributed by atoms with E-state index in [0.717, 1.165) is 11.4 Å². The summed E-state index contributed by atoms with van der Waals surface area (Å²) in [6.45, 7) is 0.361. The fraction of sp³-hybridized carbons (Fsp3) is 0.0909. The first kappa shape index (κ1) is 11.0. The largest absolute Gasteiger partial charge is 0.347 e. The third kappa shape index (κ3) is 3.53. The number of imidazole rings is 1. The molecule has 2 heterocycles. The Morgan fingerprint density at radius 1 is 1.35 bits per heavy atom. The van der Waals surface area contributed by atoms with E-state index in [4.69, 9.17) is 0 Å². The summed E-state index contributed by atoms with van der Waals surface area (Å²) in [4.78, 5) is 26.1. The highest BCUT2D eigenvalue weighted by Crippen LogP contribution is 1.94. The zero-order valence-electron chi connectivity index (χ0n) is 9.00. The van der Waals surface area contributed by atoms with Crippen LogP contribution in [0.5, 0.6) is 0 Å². The average molecular weight is 229 g/mol. The van der Waals surface area contributed by atoms with E-state index in [2.05, 4.69) is 25.3 Å². The summed E-state index contributed by atoms with van der Waals surface area (Å²) in [5, 5.41) is 2.70. The lowest BCUT2D eigenvalue weighted by molar-refractivity contribution is -0.116. The summed E-state index contributed by atoms with van der Waals surface area (Å²) in [5.41, 5.74) is 1.50. The van der Waals surface area contributed by atoms with Gasteiger partial charge in [-0.25, -0.2) is 4.98 Å². The van der Waals surface area contributed by atoms with Crippen molar-refractivity contribution in [2.24, 2.45) is 0 Å². The number of nitrogens with one attached hydrogen (secondary N) is 2. The van der Waals surface area contributed by atoms with Gasteiger partial charge in [-0.05, 0) is 6.08 Å². The molecule has 0 unspecified atom stereocenters. The quantitative estimate of drug-likeness (QED) is 0.749. The molecule has 0 bridgehead atoms. The van der Waals surface area contributed by atoms with E-state index in [9.17, 15) is 4.79 Å². The highest BCUT2D eigenvalue weighted by Gasteiger charge is 1.97. The molecule has 2 aromatic rings. The number of H-pyrrole nitrogens is 1. The van der Waals surface area contributed by atoms with Gasteiger partial charge in [0.2, 0.25) is 5.91 Å². The molecule has 0 atom stereocenters. The van der Waals surface area contributed by atoms with Crippen LogP contribution in [-0.4, -0.2) is 25.8 Å². The van der Waals surface area contributed by atoms with Crippen LogP contribution in [0.15, 0.2) is 37.2 Å². The minimum Gasteiger partial charge on any atom is -0.347 e. The van der Waals surface area contributed by atoms with Gasteiger partial charge in [0.25, 0.3) is 0 Å². The highest BCUT2D eigenvalue weighted by molar-refractivity contribution is 5.91. The number of aromatic amines is 1. The van der Waals surface area contributed by atoms with Crippen molar-refractivity contribution in [1.82, 2.24) is 25.3 Å². The molecule has 0 radical (unpaired) electrons. The van der Waals surface area contributed by atoms with Crippen molar-refractivity contribution in [1.29, 1.82) is 0 Å². The van der Waals surface area contributed by atoms with Crippen molar-refractivity contribution < 1.29 is 4.79 Å². The van der Waals surface area contributed by atoms with Gasteiger partial charge < -0.3 is 10.3 Å². The molecule has 2 rings (SSSR count). The lowest BCUT2D eigenvalue weighted by Crippen LogP contribution is -2.20. The highest BCUT2D eigenvalue weighted by atomic mass is 16.1. The first-order valence-corrected chi connectivity index (χ1v) is 5.04. The second-order valence-corrected chi connectivity index (χ2v) is 3.25. The molecule has 0 saturated carbocycles. The molecule has 17 heavy (non-hydrogen) atoms. The molecule has 0 aromatic carbocycles. The Kier molecular flexibility index (Phi) is 3.59. The van der Waals surface area contributed by atoms with Crippen molar-refractivity contribution in [2.45, 2.75) is 6.54 Å². The predicted octanol–water partition coefficient (Wildman–Crippen LogP) is 0.529. The number of carbonyl (C=O) groups is 1. The zero-order valence-corrected chi connectivity index (χ0v) is 9.00. The Morgan fingerprint density at radius 2 is 2.29 bits per heavy atom. The Labute approximate surface area is 97.8 Å². The van der Waals surface area contributed by atoms with Gasteiger partial charge in [0.05, 0.1) is 36.7 Å². The molecule has 6 heteroatoms. The molecule has 0 aliphatic carbocycles. The Balaban J connectivity index is 1.82. The third-order valence-corrected chi connectivity index (χ3v) is 1.99. The molecule has 86 valence electrons. The predicted molar refractivity (Wildman–Crippen MR) is 61.5 cm³/mol. The van der Waals surface area contributed by atoms with Crippen LogP contribution in [0.25, 0.3) is 6.08 Å². The zero-order chi connectivity index (χ0) is 11.9. The summed E-state index contributed by atoms with van der Waals surface area (Å²) in [6.07, 6.45) is 11.1. The van der Waals surface area contributed by atoms with Crippen molar-refractivity contribution in [2.75, 3.05) is 0 Å². The van der Waals surface area contributed by atoms with Crippen LogP contribution in [0.3, 0.4) is 0 Å². The van der Waals surface area contributed by atoms with E-state index >= 15 is 0 Å². The van der Waals surface area contributed by atoms with Crippen LogP contribution in [0.2, 0.25) is 0 Å². The van der Waals surface area contributed by atoms with Gasteiger partial charge in [-0.3, -0.25) is 14.8 Å². The fourth-order valence-electron chi connectivity index (χ4n) is 1.18. The monoisotopic (exact) mass is 229 g/mol. The van der Waals surface area contributed by atoms with Crippen LogP contribution in [0, 0.1) is 0 Å². The smallest absolute Gasteiger partial charge is 0.244 e. The van der Waals surface area contributed by atoms with E-state index < -0.39 is 0 Å². The normalized spacial score (nSPS) is 10.6. The minimum absolute atomic E-state index is 0.190. The Hall–Kier alpha value is -2.50. The molecule has 0 saturated heterocycles.